The number of carboxylic acid groups (broad SMARTS) is 1. The molecule has 1 amide bonds. The molecular formula is C16H20ClNO4. The van der Waals surface area contributed by atoms with Gasteiger partial charge in [0.1, 0.15) is 5.60 Å². The van der Waals surface area contributed by atoms with Gasteiger partial charge in [-0.05, 0) is 38.4 Å². The molecule has 5 nitrogen and oxygen atoms in total. The first-order chi connectivity index (χ1) is 10.7. The molecule has 120 valence electrons. The minimum Gasteiger partial charge on any atom is -0.481 e. The average molecular weight is 327 g/mol. The van der Waals surface area contributed by atoms with Gasteiger partial charge in [-0.15, -0.1) is 0 Å². The van der Waals surface area contributed by atoms with Crippen molar-refractivity contribution in [1.82, 2.24) is 4.90 Å². The van der Waals surface area contributed by atoms with E-state index < -0.39 is 23.6 Å². The van der Waals surface area contributed by atoms with Crippen molar-refractivity contribution >= 4 is 23.7 Å². The normalized spacial score (nSPS) is 22.3. The van der Waals surface area contributed by atoms with Crippen molar-refractivity contribution < 1.29 is 20.8 Å². The van der Waals surface area contributed by atoms with Crippen LogP contribution in [0, 0.1) is 5.92 Å². The number of ether oxygens (including phenoxy) is 1. The number of nitrogens with zero attached hydrogens (tertiary/aromatic N) is 1. The maximum absolute atomic E-state index is 12.2. The number of halogens is 1. The van der Waals surface area contributed by atoms with Gasteiger partial charge in [-0.2, -0.15) is 0 Å². The van der Waals surface area contributed by atoms with Crippen LogP contribution in [0.5, 0.6) is 0 Å². The molecule has 1 heterocycles. The Morgan fingerprint density at radius 2 is 2.00 bits per heavy atom. The zero-order chi connectivity index (χ0) is 17.2. The molecule has 1 saturated heterocycles. The number of likely N-dealkylation sites (tertiary alicyclic amines) is 1. The molecule has 0 aromatic heterocycles. The van der Waals surface area contributed by atoms with Crippen molar-refractivity contribution in [3.63, 3.8) is 0 Å². The van der Waals surface area contributed by atoms with Crippen LogP contribution in [0.3, 0.4) is 0 Å². The molecule has 1 aliphatic rings. The number of amides is 1. The molecule has 0 aliphatic carbocycles. The number of hydrogen-bond acceptors (Lipinski definition) is 3. The summed E-state index contributed by atoms with van der Waals surface area (Å²) in [6, 6.07) is 6.98. The van der Waals surface area contributed by atoms with Crippen LogP contribution in [-0.4, -0.2) is 40.8 Å². The van der Waals surface area contributed by atoms with Gasteiger partial charge in [0.05, 0.1) is 5.92 Å². The van der Waals surface area contributed by atoms with E-state index in [1.165, 1.54) is 4.90 Å². The molecule has 1 aliphatic heterocycles. The van der Waals surface area contributed by atoms with Crippen molar-refractivity contribution in [3.05, 3.63) is 34.9 Å². The second kappa shape index (κ2) is 6.16. The summed E-state index contributed by atoms with van der Waals surface area (Å²) in [6.07, 6.45) is -0.579. The van der Waals surface area contributed by atoms with Crippen LogP contribution in [0.25, 0.3) is 0 Å². The summed E-state index contributed by atoms with van der Waals surface area (Å²) in [5.41, 5.74) is -0.0643. The van der Waals surface area contributed by atoms with Gasteiger partial charge in [-0.1, -0.05) is 23.7 Å². The van der Waals surface area contributed by atoms with Gasteiger partial charge in [-0.3, -0.25) is 4.79 Å². The van der Waals surface area contributed by atoms with Crippen molar-refractivity contribution in [3.8, 4) is 0 Å². The highest BCUT2D eigenvalue weighted by molar-refractivity contribution is 6.30. The van der Waals surface area contributed by atoms with E-state index in [9.17, 15) is 14.7 Å². The summed E-state index contributed by atoms with van der Waals surface area (Å²) in [7, 11) is 0. The maximum atomic E-state index is 12.2. The van der Waals surface area contributed by atoms with Crippen LogP contribution in [0.1, 0.15) is 33.6 Å². The minimum atomic E-state index is -0.944. The molecule has 6 heteroatoms. The second-order valence-electron chi connectivity index (χ2n) is 6.14. The number of carboxylic acids is 1. The second-order valence-corrected chi connectivity index (χ2v) is 6.57. The van der Waals surface area contributed by atoms with Gasteiger partial charge in [-0.25, -0.2) is 4.79 Å². The fourth-order valence-electron chi connectivity index (χ4n) is 2.55. The molecule has 1 aromatic carbocycles. The standard InChI is InChI=1S/C16H20ClNO4/c1-16(2,3)22-15(21)18-8-12(13(9-18)14(19)20)10-4-6-11(17)7-5-10/h4-7,12-13H,8-9H2,1-3H3,(H,19,20)/i1D. The van der Waals surface area contributed by atoms with Gasteiger partial charge in [0.15, 0.2) is 0 Å². The third-order valence-electron chi connectivity index (χ3n) is 3.56. The highest BCUT2D eigenvalue weighted by atomic mass is 35.5. The van der Waals surface area contributed by atoms with Crippen LogP contribution < -0.4 is 0 Å². The average Bonchev–Trinajstić information content (AvgIpc) is 2.93. The Hall–Kier alpha value is -1.75. The molecule has 1 aromatic rings. The Balaban J connectivity index is 2.16. The van der Waals surface area contributed by atoms with E-state index in [4.69, 9.17) is 17.7 Å². The van der Waals surface area contributed by atoms with Crippen molar-refractivity contribution in [2.24, 2.45) is 5.92 Å². The lowest BCUT2D eigenvalue weighted by Crippen LogP contribution is -2.35. The van der Waals surface area contributed by atoms with E-state index in [1.54, 1.807) is 38.1 Å². The van der Waals surface area contributed by atoms with Gasteiger partial charge in [0.2, 0.25) is 0 Å². The third-order valence-corrected chi connectivity index (χ3v) is 3.81. The first-order valence-corrected chi connectivity index (χ1v) is 7.37. The lowest BCUT2D eigenvalue weighted by molar-refractivity contribution is -0.141. The number of aliphatic carboxylic acids is 1. The summed E-state index contributed by atoms with van der Waals surface area (Å²) in [5, 5.41) is 10.0. The predicted octanol–water partition coefficient (Wildman–Crippen LogP) is 3.38. The van der Waals surface area contributed by atoms with E-state index in [2.05, 4.69) is 0 Å². The number of rotatable bonds is 2. The number of carbonyl (C=O) groups is 2. The Morgan fingerprint density at radius 3 is 2.55 bits per heavy atom. The number of benzene rings is 1. The predicted molar refractivity (Wildman–Crippen MR) is 83.1 cm³/mol. The fraction of sp³-hybridized carbons (Fsp3) is 0.500. The Bertz CT molecular complexity index is 590. The van der Waals surface area contributed by atoms with E-state index in [1.807, 2.05) is 0 Å². The van der Waals surface area contributed by atoms with Crippen molar-refractivity contribution in [1.29, 1.82) is 0 Å². The molecule has 0 saturated carbocycles. The topological polar surface area (TPSA) is 66.8 Å². The Morgan fingerprint density at radius 1 is 1.36 bits per heavy atom. The summed E-state index contributed by atoms with van der Waals surface area (Å²) in [6.45, 7) is 3.61. The highest BCUT2D eigenvalue weighted by Gasteiger charge is 2.41. The molecule has 0 radical (unpaired) electrons. The first-order valence-electron chi connectivity index (χ1n) is 7.69. The SMILES string of the molecule is [2H]CC(C)(C)OC(=O)N1CC(C(=O)O)C(c2ccc(Cl)cc2)C1. The van der Waals surface area contributed by atoms with Gasteiger partial charge >= 0.3 is 12.1 Å². The minimum absolute atomic E-state index is 0.0600. The molecule has 2 unspecified atom stereocenters. The molecular weight excluding hydrogens is 306 g/mol. The number of carbonyl (C=O) groups excluding carboxylic acids is 1. The molecule has 0 spiro atoms. The number of hydrogen-bond donors (Lipinski definition) is 1. The summed E-state index contributed by atoms with van der Waals surface area (Å²) >= 11 is 5.87. The van der Waals surface area contributed by atoms with Crippen molar-refractivity contribution in [2.75, 3.05) is 13.1 Å². The fourth-order valence-corrected chi connectivity index (χ4v) is 2.68. The molecule has 1 N–H and O–H groups in total. The van der Waals surface area contributed by atoms with Crippen LogP contribution >= 0.6 is 11.6 Å². The lowest BCUT2D eigenvalue weighted by Gasteiger charge is -2.24. The smallest absolute Gasteiger partial charge is 0.410 e. The van der Waals surface area contributed by atoms with Gasteiger partial charge in [0.25, 0.3) is 0 Å². The Kier molecular flexibility index (Phi) is 4.25. The zero-order valence-electron chi connectivity index (χ0n) is 13.6. The summed E-state index contributed by atoms with van der Waals surface area (Å²) in [5.74, 6) is -1.95. The van der Waals surface area contributed by atoms with Gasteiger partial charge < -0.3 is 14.7 Å². The largest absolute Gasteiger partial charge is 0.481 e. The molecule has 2 atom stereocenters. The summed E-state index contributed by atoms with van der Waals surface area (Å²) < 4.78 is 12.7. The monoisotopic (exact) mass is 326 g/mol. The zero-order valence-corrected chi connectivity index (χ0v) is 13.3. The van der Waals surface area contributed by atoms with Crippen LogP contribution in [0.15, 0.2) is 24.3 Å². The molecule has 1 fully saturated rings. The van der Waals surface area contributed by atoms with E-state index in [0.717, 1.165) is 5.56 Å². The highest BCUT2D eigenvalue weighted by Crippen LogP contribution is 2.34. The molecule has 22 heavy (non-hydrogen) atoms. The van der Waals surface area contributed by atoms with E-state index in [0.29, 0.717) is 5.02 Å². The molecule has 2 rings (SSSR count). The maximum Gasteiger partial charge on any atom is 0.410 e. The quantitative estimate of drug-likeness (QED) is 0.904. The van der Waals surface area contributed by atoms with Gasteiger partial charge in [0, 0.05) is 25.4 Å². The van der Waals surface area contributed by atoms with Crippen LogP contribution in [0.2, 0.25) is 5.02 Å². The van der Waals surface area contributed by atoms with Crippen molar-refractivity contribution in [2.45, 2.75) is 32.3 Å². The summed E-state index contributed by atoms with van der Waals surface area (Å²) in [4.78, 5) is 25.2. The van der Waals surface area contributed by atoms with E-state index >= 15 is 0 Å². The lowest BCUT2D eigenvalue weighted by atomic mass is 9.89. The van der Waals surface area contributed by atoms with Crippen LogP contribution in [-0.2, 0) is 9.53 Å². The first kappa shape index (κ1) is 15.2. The third kappa shape index (κ3) is 3.91. The van der Waals surface area contributed by atoms with Crippen LogP contribution in [0.4, 0.5) is 4.79 Å². The molecule has 0 bridgehead atoms. The van der Waals surface area contributed by atoms with E-state index in [-0.39, 0.29) is 25.9 Å². The Labute approximate surface area is 136 Å².